The van der Waals surface area contributed by atoms with Crippen LogP contribution >= 0.6 is 0 Å². The molecule has 1 N–H and O–H groups in total. The van der Waals surface area contributed by atoms with Gasteiger partial charge < -0.3 is 9.84 Å². The molecule has 5 heteroatoms. The van der Waals surface area contributed by atoms with Gasteiger partial charge in [0.15, 0.2) is 0 Å². The topological polar surface area (TPSA) is 63.6 Å². The van der Waals surface area contributed by atoms with Gasteiger partial charge in [0, 0.05) is 0 Å². The fourth-order valence-electron chi connectivity index (χ4n) is 2.59. The molecule has 0 aliphatic heterocycles. The van der Waals surface area contributed by atoms with Crippen LogP contribution in [-0.4, -0.2) is 30.3 Å². The summed E-state index contributed by atoms with van der Waals surface area (Å²) in [6.45, 7) is 10.7. The first-order chi connectivity index (χ1) is 10.6. The first-order valence-electron chi connectivity index (χ1n) is 9.06. The van der Waals surface area contributed by atoms with Crippen molar-refractivity contribution in [2.24, 2.45) is 0 Å². The number of esters is 1. The van der Waals surface area contributed by atoms with E-state index in [0.717, 1.165) is 19.3 Å². The molecule has 0 aromatic carbocycles. The molecule has 23 heavy (non-hydrogen) atoms. The standard InChI is InChI=1S/C18H36O4Si/c1-6-7-8-9-10-11-12-13-14-18(2,23(3,4)5)22-17(21)15-16(19)20/h6-15H2,1-5H3,(H,19,20). The second-order valence-corrected chi connectivity index (χ2v) is 13.3. The van der Waals surface area contributed by atoms with Crippen LogP contribution in [0.15, 0.2) is 0 Å². The van der Waals surface area contributed by atoms with Crippen LogP contribution in [0.3, 0.4) is 0 Å². The molecule has 1 atom stereocenters. The van der Waals surface area contributed by atoms with Crippen molar-refractivity contribution in [1.82, 2.24) is 0 Å². The zero-order valence-electron chi connectivity index (χ0n) is 15.7. The third-order valence-corrected chi connectivity index (χ3v) is 8.25. The third-order valence-electron chi connectivity index (χ3n) is 4.73. The van der Waals surface area contributed by atoms with E-state index < -0.39 is 31.7 Å². The Morgan fingerprint density at radius 1 is 0.957 bits per heavy atom. The van der Waals surface area contributed by atoms with Gasteiger partial charge in [0.25, 0.3) is 0 Å². The Labute approximate surface area is 143 Å². The summed E-state index contributed by atoms with van der Waals surface area (Å²) >= 11 is 0. The molecular weight excluding hydrogens is 308 g/mol. The van der Waals surface area contributed by atoms with Crippen LogP contribution in [0.5, 0.6) is 0 Å². The fraction of sp³-hybridized carbons (Fsp3) is 0.889. The molecule has 1 unspecified atom stereocenters. The number of ether oxygens (including phenoxy) is 1. The van der Waals surface area contributed by atoms with Crippen molar-refractivity contribution in [3.05, 3.63) is 0 Å². The molecule has 0 fully saturated rings. The lowest BCUT2D eigenvalue weighted by atomic mass is 10.1. The molecule has 0 spiro atoms. The highest BCUT2D eigenvalue weighted by atomic mass is 28.3. The summed E-state index contributed by atoms with van der Waals surface area (Å²) in [7, 11) is -1.75. The average Bonchev–Trinajstić information content (AvgIpc) is 2.39. The first kappa shape index (κ1) is 22.2. The minimum absolute atomic E-state index is 0.484. The van der Waals surface area contributed by atoms with Gasteiger partial charge in [-0.15, -0.1) is 0 Å². The molecule has 136 valence electrons. The highest BCUT2D eigenvalue weighted by Gasteiger charge is 2.42. The summed E-state index contributed by atoms with van der Waals surface area (Å²) in [6, 6.07) is 0. The monoisotopic (exact) mass is 344 g/mol. The van der Waals surface area contributed by atoms with Gasteiger partial charge >= 0.3 is 11.9 Å². The highest BCUT2D eigenvalue weighted by molar-refractivity contribution is 6.79. The normalized spacial score (nSPS) is 14.3. The van der Waals surface area contributed by atoms with Gasteiger partial charge in [-0.3, -0.25) is 9.59 Å². The van der Waals surface area contributed by atoms with Crippen LogP contribution < -0.4 is 0 Å². The first-order valence-corrected chi connectivity index (χ1v) is 12.6. The summed E-state index contributed by atoms with van der Waals surface area (Å²) in [5.41, 5.74) is 0. The lowest BCUT2D eigenvalue weighted by Crippen LogP contribution is -2.53. The van der Waals surface area contributed by atoms with Gasteiger partial charge in [-0.2, -0.15) is 0 Å². The van der Waals surface area contributed by atoms with E-state index in [0.29, 0.717) is 0 Å². The van der Waals surface area contributed by atoms with Crippen molar-refractivity contribution < 1.29 is 19.4 Å². The van der Waals surface area contributed by atoms with E-state index in [4.69, 9.17) is 9.84 Å². The van der Waals surface area contributed by atoms with Gasteiger partial charge in [0.2, 0.25) is 0 Å². The average molecular weight is 345 g/mol. The maximum Gasteiger partial charge on any atom is 0.317 e. The van der Waals surface area contributed by atoms with Crippen LogP contribution in [0.25, 0.3) is 0 Å². The molecule has 0 saturated carbocycles. The Balaban J connectivity index is 4.25. The zero-order chi connectivity index (χ0) is 17.9. The predicted octanol–water partition coefficient (Wildman–Crippen LogP) is 5.17. The van der Waals surface area contributed by atoms with Crippen molar-refractivity contribution >= 4 is 20.0 Å². The molecule has 0 amide bonds. The number of carbonyl (C=O) groups excluding carboxylic acids is 1. The molecule has 0 aliphatic carbocycles. The molecular formula is C18H36O4Si. The number of carboxylic acid groups (broad SMARTS) is 1. The largest absolute Gasteiger partial charge is 0.481 e. The number of unbranched alkanes of at least 4 members (excludes halogenated alkanes) is 7. The SMILES string of the molecule is CCCCCCCCCCC(C)(OC(=O)CC(=O)O)[Si](C)(C)C. The summed E-state index contributed by atoms with van der Waals surface area (Å²) < 4.78 is 5.61. The molecule has 4 nitrogen and oxygen atoms in total. The Kier molecular flexibility index (Phi) is 10.4. The van der Waals surface area contributed by atoms with Crippen molar-refractivity contribution in [1.29, 1.82) is 0 Å². The van der Waals surface area contributed by atoms with Crippen molar-refractivity contribution in [3.63, 3.8) is 0 Å². The number of carboxylic acids is 1. The van der Waals surface area contributed by atoms with Crippen molar-refractivity contribution in [2.75, 3.05) is 0 Å². The molecule has 0 bridgehead atoms. The Hall–Kier alpha value is -0.843. The van der Waals surface area contributed by atoms with Crippen LogP contribution in [0.2, 0.25) is 19.6 Å². The van der Waals surface area contributed by atoms with Crippen LogP contribution in [0.4, 0.5) is 0 Å². The lowest BCUT2D eigenvalue weighted by Gasteiger charge is -2.40. The molecule has 0 radical (unpaired) electrons. The zero-order valence-corrected chi connectivity index (χ0v) is 16.7. The summed E-state index contributed by atoms with van der Waals surface area (Å²) in [5.74, 6) is -1.73. The number of hydrogen-bond donors (Lipinski definition) is 1. The summed E-state index contributed by atoms with van der Waals surface area (Å²) in [4.78, 5) is 22.4. The van der Waals surface area contributed by atoms with Gasteiger partial charge in [-0.25, -0.2) is 0 Å². The van der Waals surface area contributed by atoms with E-state index >= 15 is 0 Å². The molecule has 0 aliphatic rings. The maximum atomic E-state index is 11.8. The van der Waals surface area contributed by atoms with Crippen LogP contribution in [0.1, 0.15) is 78.1 Å². The fourth-order valence-corrected chi connectivity index (χ4v) is 3.93. The maximum absolute atomic E-state index is 11.8. The van der Waals surface area contributed by atoms with E-state index in [1.54, 1.807) is 0 Å². The van der Waals surface area contributed by atoms with E-state index in [1.807, 2.05) is 6.92 Å². The Bertz CT molecular complexity index is 363. The molecule has 0 heterocycles. The lowest BCUT2D eigenvalue weighted by molar-refractivity contribution is -0.157. The van der Waals surface area contributed by atoms with Crippen molar-refractivity contribution in [2.45, 2.75) is 103 Å². The quantitative estimate of drug-likeness (QED) is 0.217. The molecule has 0 saturated heterocycles. The minimum Gasteiger partial charge on any atom is -0.481 e. The number of hydrogen-bond acceptors (Lipinski definition) is 3. The second kappa shape index (κ2) is 10.8. The smallest absolute Gasteiger partial charge is 0.317 e. The van der Waals surface area contributed by atoms with Crippen molar-refractivity contribution in [3.8, 4) is 0 Å². The summed E-state index contributed by atoms with van der Waals surface area (Å²) in [5, 5.41) is 8.24. The van der Waals surface area contributed by atoms with Crippen LogP contribution in [0, 0.1) is 0 Å². The number of rotatable bonds is 13. The van der Waals surface area contributed by atoms with Gasteiger partial charge in [0.1, 0.15) is 6.42 Å². The number of carbonyl (C=O) groups is 2. The van der Waals surface area contributed by atoms with E-state index in [1.165, 1.54) is 38.5 Å². The van der Waals surface area contributed by atoms with Crippen LogP contribution in [-0.2, 0) is 14.3 Å². The van der Waals surface area contributed by atoms with E-state index in [-0.39, 0.29) is 0 Å². The minimum atomic E-state index is -1.75. The summed E-state index contributed by atoms with van der Waals surface area (Å²) in [6.07, 6.45) is 10.2. The number of aliphatic carboxylic acids is 1. The molecule has 0 rings (SSSR count). The van der Waals surface area contributed by atoms with Gasteiger partial charge in [-0.05, 0) is 19.8 Å². The highest BCUT2D eigenvalue weighted by Crippen LogP contribution is 2.31. The second-order valence-electron chi connectivity index (χ2n) is 7.75. The third kappa shape index (κ3) is 9.79. The van der Waals surface area contributed by atoms with Gasteiger partial charge in [0.05, 0.1) is 13.3 Å². The van der Waals surface area contributed by atoms with E-state index in [9.17, 15) is 9.59 Å². The Morgan fingerprint density at radius 2 is 1.43 bits per heavy atom. The Morgan fingerprint density at radius 3 is 1.87 bits per heavy atom. The van der Waals surface area contributed by atoms with Gasteiger partial charge in [-0.1, -0.05) is 71.5 Å². The predicted molar refractivity (Wildman–Crippen MR) is 97.3 cm³/mol. The van der Waals surface area contributed by atoms with E-state index in [2.05, 4.69) is 26.6 Å². The molecule has 0 aromatic heterocycles. The molecule has 0 aromatic rings.